The van der Waals surface area contributed by atoms with Crippen molar-refractivity contribution in [2.75, 3.05) is 6.54 Å². The Morgan fingerprint density at radius 3 is 2.40 bits per heavy atom. The maximum atomic E-state index is 11.4. The number of rotatable bonds is 3. The molecule has 0 aromatic rings. The summed E-state index contributed by atoms with van der Waals surface area (Å²) in [6.07, 6.45) is 5.02. The Balaban J connectivity index is 1.71. The molecule has 2 rings (SSSR count). The Bertz CT molecular complexity index is 259. The van der Waals surface area contributed by atoms with Crippen LogP contribution >= 0.6 is 0 Å². The highest BCUT2D eigenvalue weighted by Crippen LogP contribution is 2.60. The van der Waals surface area contributed by atoms with Gasteiger partial charge in [-0.2, -0.15) is 0 Å². The highest BCUT2D eigenvalue weighted by molar-refractivity contribution is 5.67. The van der Waals surface area contributed by atoms with Crippen LogP contribution in [0, 0.1) is 11.3 Å². The van der Waals surface area contributed by atoms with Crippen molar-refractivity contribution in [1.82, 2.24) is 5.32 Å². The lowest BCUT2D eigenvalue weighted by Crippen LogP contribution is -2.36. The quantitative estimate of drug-likeness (QED) is 0.779. The predicted molar refractivity (Wildman–Crippen MR) is 58.6 cm³/mol. The molecule has 0 radical (unpaired) electrons. The van der Waals surface area contributed by atoms with E-state index in [-0.39, 0.29) is 11.7 Å². The Kier molecular flexibility index (Phi) is 2.44. The van der Waals surface area contributed by atoms with Crippen molar-refractivity contribution in [3.63, 3.8) is 0 Å². The van der Waals surface area contributed by atoms with Crippen LogP contribution < -0.4 is 5.32 Å². The third-order valence-electron chi connectivity index (χ3n) is 3.32. The fourth-order valence-corrected chi connectivity index (χ4v) is 2.15. The molecule has 2 fully saturated rings. The van der Waals surface area contributed by atoms with E-state index in [1.165, 1.54) is 25.7 Å². The van der Waals surface area contributed by atoms with Gasteiger partial charge >= 0.3 is 6.09 Å². The molecule has 2 aliphatic rings. The lowest BCUT2D eigenvalue weighted by Gasteiger charge is -2.21. The molecule has 86 valence electrons. The van der Waals surface area contributed by atoms with E-state index in [2.05, 4.69) is 5.32 Å². The lowest BCUT2D eigenvalue weighted by atomic mass is 10.0. The highest BCUT2D eigenvalue weighted by atomic mass is 16.6. The molecule has 3 heteroatoms. The number of carbonyl (C=O) groups is 1. The zero-order chi connectivity index (χ0) is 11.1. The highest BCUT2D eigenvalue weighted by Gasteiger charge is 2.53. The molecule has 0 unspecified atom stereocenters. The van der Waals surface area contributed by atoms with Crippen LogP contribution in [0.15, 0.2) is 0 Å². The minimum absolute atomic E-state index is 0.269. The van der Waals surface area contributed by atoms with Crippen LogP contribution in [0.3, 0.4) is 0 Å². The fraction of sp³-hybridized carbons (Fsp3) is 0.917. The molecule has 2 aliphatic carbocycles. The second-order valence-corrected chi connectivity index (χ2v) is 5.99. The van der Waals surface area contributed by atoms with Gasteiger partial charge in [-0.15, -0.1) is 0 Å². The van der Waals surface area contributed by atoms with Gasteiger partial charge in [-0.05, 0) is 57.8 Å². The van der Waals surface area contributed by atoms with Gasteiger partial charge in [0.25, 0.3) is 0 Å². The second kappa shape index (κ2) is 3.39. The van der Waals surface area contributed by atoms with Crippen LogP contribution in [-0.2, 0) is 4.74 Å². The summed E-state index contributed by atoms with van der Waals surface area (Å²) in [7, 11) is 0. The maximum Gasteiger partial charge on any atom is 0.407 e. The van der Waals surface area contributed by atoms with Gasteiger partial charge in [-0.1, -0.05) is 0 Å². The molecule has 0 aromatic carbocycles. The molecule has 1 amide bonds. The summed E-state index contributed by atoms with van der Waals surface area (Å²) in [6.45, 7) is 6.48. The first kappa shape index (κ1) is 10.8. The van der Waals surface area contributed by atoms with Gasteiger partial charge in [0.15, 0.2) is 0 Å². The molecule has 0 aromatic heterocycles. The average Bonchev–Trinajstić information content (AvgIpc) is 2.92. The van der Waals surface area contributed by atoms with Crippen molar-refractivity contribution in [2.45, 2.75) is 52.1 Å². The van der Waals surface area contributed by atoms with Crippen molar-refractivity contribution in [1.29, 1.82) is 0 Å². The molecular formula is C12H21NO2. The summed E-state index contributed by atoms with van der Waals surface area (Å²) < 4.78 is 5.21. The predicted octanol–water partition coefficient (Wildman–Crippen LogP) is 2.70. The number of ether oxygens (including phenoxy) is 1. The topological polar surface area (TPSA) is 38.3 Å². The van der Waals surface area contributed by atoms with Crippen molar-refractivity contribution >= 4 is 6.09 Å². The second-order valence-electron chi connectivity index (χ2n) is 5.99. The number of nitrogens with one attached hydrogen (secondary N) is 1. The van der Waals surface area contributed by atoms with Crippen LogP contribution in [0.2, 0.25) is 0 Å². The summed E-state index contributed by atoms with van der Waals surface area (Å²) in [6, 6.07) is 0. The third kappa shape index (κ3) is 2.86. The van der Waals surface area contributed by atoms with Gasteiger partial charge in [0.05, 0.1) is 0 Å². The van der Waals surface area contributed by atoms with E-state index in [1.807, 2.05) is 20.8 Å². The first-order chi connectivity index (χ1) is 6.91. The van der Waals surface area contributed by atoms with E-state index < -0.39 is 0 Å². The molecule has 0 spiro atoms. The van der Waals surface area contributed by atoms with E-state index in [0.717, 1.165) is 12.5 Å². The number of hydrogen-bond donors (Lipinski definition) is 1. The van der Waals surface area contributed by atoms with E-state index >= 15 is 0 Å². The Morgan fingerprint density at radius 1 is 1.40 bits per heavy atom. The smallest absolute Gasteiger partial charge is 0.407 e. The van der Waals surface area contributed by atoms with Gasteiger partial charge in [0.2, 0.25) is 0 Å². The number of carbonyl (C=O) groups excluding carboxylic acids is 1. The minimum Gasteiger partial charge on any atom is -0.444 e. The maximum absolute atomic E-state index is 11.4. The molecule has 1 N–H and O–H groups in total. The van der Waals surface area contributed by atoms with E-state index in [9.17, 15) is 4.79 Å². The number of alkyl carbamates (subject to hydrolysis) is 1. The lowest BCUT2D eigenvalue weighted by molar-refractivity contribution is 0.0513. The first-order valence-electron chi connectivity index (χ1n) is 5.88. The molecule has 15 heavy (non-hydrogen) atoms. The number of hydrogen-bond acceptors (Lipinski definition) is 2. The zero-order valence-electron chi connectivity index (χ0n) is 9.93. The first-order valence-corrected chi connectivity index (χ1v) is 5.88. The van der Waals surface area contributed by atoms with Gasteiger partial charge in [0, 0.05) is 6.54 Å². The Hall–Kier alpha value is -0.730. The van der Waals surface area contributed by atoms with Crippen molar-refractivity contribution < 1.29 is 9.53 Å². The summed E-state index contributed by atoms with van der Waals surface area (Å²) in [4.78, 5) is 11.4. The van der Waals surface area contributed by atoms with Gasteiger partial charge in [0.1, 0.15) is 5.60 Å². The Morgan fingerprint density at radius 2 is 2.00 bits per heavy atom. The van der Waals surface area contributed by atoms with Crippen LogP contribution in [-0.4, -0.2) is 18.2 Å². The molecule has 0 bridgehead atoms. The monoisotopic (exact) mass is 211 g/mol. The SMILES string of the molecule is CC(C)(C)OC(=O)NCC1(C2CC2)CC1. The summed E-state index contributed by atoms with van der Waals surface area (Å²) in [5.41, 5.74) is 0.0667. The zero-order valence-corrected chi connectivity index (χ0v) is 9.93. The standard InChI is InChI=1S/C12H21NO2/c1-11(2,3)15-10(14)13-8-12(6-7-12)9-4-5-9/h9H,4-8H2,1-3H3,(H,13,14). The van der Waals surface area contributed by atoms with Gasteiger partial charge < -0.3 is 10.1 Å². The van der Waals surface area contributed by atoms with E-state index in [1.54, 1.807) is 0 Å². The van der Waals surface area contributed by atoms with Crippen molar-refractivity contribution in [3.05, 3.63) is 0 Å². The molecular weight excluding hydrogens is 190 g/mol. The van der Waals surface area contributed by atoms with E-state index in [0.29, 0.717) is 5.41 Å². The summed E-state index contributed by atoms with van der Waals surface area (Å²) in [5, 5.41) is 2.90. The van der Waals surface area contributed by atoms with Crippen LogP contribution in [0.4, 0.5) is 4.79 Å². The molecule has 3 nitrogen and oxygen atoms in total. The van der Waals surface area contributed by atoms with Crippen molar-refractivity contribution in [3.8, 4) is 0 Å². The Labute approximate surface area is 91.6 Å². The molecule has 0 heterocycles. The minimum atomic E-state index is -0.389. The third-order valence-corrected chi connectivity index (χ3v) is 3.32. The van der Waals surface area contributed by atoms with Gasteiger partial charge in [-0.25, -0.2) is 4.79 Å². The van der Waals surface area contributed by atoms with E-state index in [4.69, 9.17) is 4.74 Å². The van der Waals surface area contributed by atoms with Gasteiger partial charge in [-0.3, -0.25) is 0 Å². The van der Waals surface area contributed by atoms with Crippen LogP contribution in [0.25, 0.3) is 0 Å². The molecule has 0 aliphatic heterocycles. The van der Waals surface area contributed by atoms with Crippen molar-refractivity contribution in [2.24, 2.45) is 11.3 Å². The largest absolute Gasteiger partial charge is 0.444 e. The molecule has 0 atom stereocenters. The normalized spacial score (nSPS) is 23.4. The average molecular weight is 211 g/mol. The fourth-order valence-electron chi connectivity index (χ4n) is 2.15. The summed E-state index contributed by atoms with van der Waals surface area (Å²) >= 11 is 0. The number of amides is 1. The van der Waals surface area contributed by atoms with Crippen LogP contribution in [0.5, 0.6) is 0 Å². The molecule has 2 saturated carbocycles. The summed E-state index contributed by atoms with van der Waals surface area (Å²) in [5.74, 6) is 0.882. The molecule has 0 saturated heterocycles. The van der Waals surface area contributed by atoms with Crippen LogP contribution in [0.1, 0.15) is 46.5 Å².